The summed E-state index contributed by atoms with van der Waals surface area (Å²) in [6.07, 6.45) is 4.47. The van der Waals surface area contributed by atoms with Gasteiger partial charge in [-0.25, -0.2) is 0 Å². The van der Waals surface area contributed by atoms with Gasteiger partial charge in [0.25, 0.3) is 0 Å². The van der Waals surface area contributed by atoms with E-state index in [1.165, 1.54) is 0 Å². The predicted molar refractivity (Wildman–Crippen MR) is 42.0 cm³/mol. The van der Waals surface area contributed by atoms with Crippen molar-refractivity contribution in [2.75, 3.05) is 13.7 Å². The molecular formula is C8H18O2. The minimum Gasteiger partial charge on any atom is -0.396 e. The van der Waals surface area contributed by atoms with Crippen LogP contribution < -0.4 is 0 Å². The summed E-state index contributed by atoms with van der Waals surface area (Å²) in [6, 6.07) is 0. The third kappa shape index (κ3) is 4.77. The molecule has 0 bridgehead atoms. The Morgan fingerprint density at radius 1 is 1.40 bits per heavy atom. The van der Waals surface area contributed by atoms with Crippen LogP contribution in [-0.2, 0) is 4.74 Å². The maximum Gasteiger partial charge on any atom is 0.0572 e. The van der Waals surface area contributed by atoms with Crippen LogP contribution in [0.5, 0.6) is 0 Å². The molecule has 0 saturated carbocycles. The molecule has 0 aliphatic heterocycles. The highest BCUT2D eigenvalue weighted by Gasteiger charge is 2.03. The van der Waals surface area contributed by atoms with Crippen LogP contribution >= 0.6 is 0 Å². The average molecular weight is 146 g/mol. The van der Waals surface area contributed by atoms with E-state index in [2.05, 4.69) is 6.92 Å². The van der Waals surface area contributed by atoms with Crippen LogP contribution in [0.4, 0.5) is 0 Å². The lowest BCUT2D eigenvalue weighted by Gasteiger charge is -2.12. The van der Waals surface area contributed by atoms with Gasteiger partial charge in [0.1, 0.15) is 0 Å². The molecule has 62 valence electrons. The Bertz CT molecular complexity index is 64.3. The largest absolute Gasteiger partial charge is 0.396 e. The number of methoxy groups -OCH3 is 1. The van der Waals surface area contributed by atoms with Gasteiger partial charge in [-0.2, -0.15) is 0 Å². The molecule has 0 spiro atoms. The van der Waals surface area contributed by atoms with E-state index in [-0.39, 0.29) is 6.61 Å². The number of aliphatic hydroxyl groups excluding tert-OH is 1. The molecule has 0 aliphatic carbocycles. The van der Waals surface area contributed by atoms with Crippen molar-refractivity contribution in [2.45, 2.75) is 38.7 Å². The molecule has 0 aromatic rings. The van der Waals surface area contributed by atoms with Gasteiger partial charge < -0.3 is 9.84 Å². The fourth-order valence-electron chi connectivity index (χ4n) is 1.02. The molecule has 0 fully saturated rings. The van der Waals surface area contributed by atoms with E-state index < -0.39 is 0 Å². The van der Waals surface area contributed by atoms with Crippen molar-refractivity contribution < 1.29 is 9.84 Å². The monoisotopic (exact) mass is 146 g/mol. The van der Waals surface area contributed by atoms with Gasteiger partial charge in [-0.3, -0.25) is 0 Å². The lowest BCUT2D eigenvalue weighted by molar-refractivity contribution is 0.0804. The summed E-state index contributed by atoms with van der Waals surface area (Å²) < 4.78 is 5.18. The fourth-order valence-corrected chi connectivity index (χ4v) is 1.02. The molecule has 0 radical (unpaired) electrons. The Labute approximate surface area is 63.2 Å². The summed E-state index contributed by atoms with van der Waals surface area (Å²) in [4.78, 5) is 0. The molecule has 0 aromatic heterocycles. The number of hydrogen-bond donors (Lipinski definition) is 1. The van der Waals surface area contributed by atoms with E-state index in [1.807, 2.05) is 0 Å². The second kappa shape index (κ2) is 7.03. The standard InChI is InChI=1S/C8H18O2/c1-3-5-8(10-2)6-4-7-9/h8-9H,3-7H2,1-2H3. The van der Waals surface area contributed by atoms with E-state index in [9.17, 15) is 0 Å². The van der Waals surface area contributed by atoms with Gasteiger partial charge in [0.2, 0.25) is 0 Å². The molecule has 2 nitrogen and oxygen atoms in total. The minimum atomic E-state index is 0.281. The van der Waals surface area contributed by atoms with Gasteiger partial charge in [0, 0.05) is 13.7 Å². The number of aliphatic hydroxyl groups is 1. The molecule has 1 atom stereocenters. The lowest BCUT2D eigenvalue weighted by Crippen LogP contribution is -2.10. The molecule has 10 heavy (non-hydrogen) atoms. The molecule has 0 aromatic carbocycles. The Morgan fingerprint density at radius 2 is 2.10 bits per heavy atom. The number of rotatable bonds is 6. The molecule has 0 rings (SSSR count). The summed E-state index contributed by atoms with van der Waals surface area (Å²) >= 11 is 0. The highest BCUT2D eigenvalue weighted by molar-refractivity contribution is 4.55. The van der Waals surface area contributed by atoms with Gasteiger partial charge >= 0.3 is 0 Å². The molecule has 1 unspecified atom stereocenters. The quantitative estimate of drug-likeness (QED) is 0.616. The third-order valence-corrected chi connectivity index (χ3v) is 1.63. The maximum absolute atomic E-state index is 8.52. The molecule has 0 saturated heterocycles. The summed E-state index contributed by atoms with van der Waals surface area (Å²) in [5.41, 5.74) is 0. The van der Waals surface area contributed by atoms with Crippen LogP contribution in [0.15, 0.2) is 0 Å². The minimum absolute atomic E-state index is 0.281. The second-order valence-electron chi connectivity index (χ2n) is 2.51. The first-order valence-corrected chi connectivity index (χ1v) is 3.98. The lowest BCUT2D eigenvalue weighted by atomic mass is 10.1. The Kier molecular flexibility index (Phi) is 6.98. The van der Waals surface area contributed by atoms with Crippen LogP contribution in [0.3, 0.4) is 0 Å². The molecule has 0 amide bonds. The summed E-state index contributed by atoms with van der Waals surface area (Å²) in [5, 5.41) is 8.52. The first kappa shape index (κ1) is 9.92. The number of hydrogen-bond acceptors (Lipinski definition) is 2. The molecular weight excluding hydrogens is 128 g/mol. The smallest absolute Gasteiger partial charge is 0.0572 e. The van der Waals surface area contributed by atoms with E-state index in [1.54, 1.807) is 7.11 Å². The van der Waals surface area contributed by atoms with Crippen molar-refractivity contribution >= 4 is 0 Å². The van der Waals surface area contributed by atoms with Gasteiger partial charge in [-0.15, -0.1) is 0 Å². The van der Waals surface area contributed by atoms with E-state index in [4.69, 9.17) is 9.84 Å². The molecule has 0 aliphatic rings. The molecule has 1 N–H and O–H groups in total. The van der Waals surface area contributed by atoms with Crippen molar-refractivity contribution in [2.24, 2.45) is 0 Å². The predicted octanol–water partition coefficient (Wildman–Crippen LogP) is 1.57. The topological polar surface area (TPSA) is 29.5 Å². The first-order chi connectivity index (χ1) is 4.85. The Hall–Kier alpha value is -0.0800. The number of ether oxygens (including phenoxy) is 1. The maximum atomic E-state index is 8.52. The zero-order valence-electron chi connectivity index (χ0n) is 6.97. The van der Waals surface area contributed by atoms with E-state index in [0.717, 1.165) is 25.7 Å². The second-order valence-corrected chi connectivity index (χ2v) is 2.51. The van der Waals surface area contributed by atoms with Gasteiger partial charge in [0.05, 0.1) is 6.10 Å². The van der Waals surface area contributed by atoms with Gasteiger partial charge in [-0.05, 0) is 19.3 Å². The summed E-state index contributed by atoms with van der Waals surface area (Å²) in [5.74, 6) is 0. The highest BCUT2D eigenvalue weighted by Crippen LogP contribution is 2.07. The van der Waals surface area contributed by atoms with Crippen molar-refractivity contribution in [3.63, 3.8) is 0 Å². The van der Waals surface area contributed by atoms with Gasteiger partial charge in [-0.1, -0.05) is 13.3 Å². The van der Waals surface area contributed by atoms with Crippen LogP contribution in [0.25, 0.3) is 0 Å². The Morgan fingerprint density at radius 3 is 2.50 bits per heavy atom. The normalized spacial score (nSPS) is 13.5. The Balaban J connectivity index is 3.21. The molecule has 0 heterocycles. The highest BCUT2D eigenvalue weighted by atomic mass is 16.5. The summed E-state index contributed by atoms with van der Waals surface area (Å²) in [7, 11) is 1.73. The summed E-state index contributed by atoms with van der Waals surface area (Å²) in [6.45, 7) is 2.43. The van der Waals surface area contributed by atoms with Crippen molar-refractivity contribution in [3.8, 4) is 0 Å². The zero-order valence-corrected chi connectivity index (χ0v) is 6.97. The first-order valence-electron chi connectivity index (χ1n) is 3.98. The van der Waals surface area contributed by atoms with Crippen molar-refractivity contribution in [1.29, 1.82) is 0 Å². The van der Waals surface area contributed by atoms with Crippen molar-refractivity contribution in [1.82, 2.24) is 0 Å². The van der Waals surface area contributed by atoms with E-state index in [0.29, 0.717) is 6.10 Å². The average Bonchev–Trinajstić information content (AvgIpc) is 1.98. The van der Waals surface area contributed by atoms with Gasteiger partial charge in [0.15, 0.2) is 0 Å². The SMILES string of the molecule is CCCC(CCCO)OC. The van der Waals surface area contributed by atoms with Crippen LogP contribution in [-0.4, -0.2) is 24.9 Å². The third-order valence-electron chi connectivity index (χ3n) is 1.63. The van der Waals surface area contributed by atoms with E-state index >= 15 is 0 Å². The van der Waals surface area contributed by atoms with Crippen LogP contribution in [0.2, 0.25) is 0 Å². The fraction of sp³-hybridized carbons (Fsp3) is 1.00. The van der Waals surface area contributed by atoms with Crippen molar-refractivity contribution in [3.05, 3.63) is 0 Å². The molecule has 2 heteroatoms. The van der Waals surface area contributed by atoms with Crippen LogP contribution in [0.1, 0.15) is 32.6 Å². The van der Waals surface area contributed by atoms with Crippen LogP contribution in [0, 0.1) is 0 Å². The zero-order chi connectivity index (χ0) is 7.82.